The Hall–Kier alpha value is -5.88. The molecule has 220 valence electrons. The molecule has 0 spiro atoms. The molecule has 6 nitrogen and oxygen atoms in total. The number of hydrogen-bond donors (Lipinski definition) is 2. The molecule has 2 aliphatic rings. The van der Waals surface area contributed by atoms with Crippen LogP contribution in [0.5, 0.6) is 0 Å². The zero-order chi connectivity index (χ0) is 31.1. The molecule has 2 amide bonds. The number of fused-ring (bicyclic) bond motifs is 2. The van der Waals surface area contributed by atoms with Crippen LogP contribution in [0.2, 0.25) is 0 Å². The number of nitrogens with one attached hydrogen (secondary N) is 2. The lowest BCUT2D eigenvalue weighted by molar-refractivity contribution is 0.0838. The molecule has 0 aromatic heterocycles. The summed E-state index contributed by atoms with van der Waals surface area (Å²) >= 11 is 0. The average molecular weight is 597 g/mol. The van der Waals surface area contributed by atoms with Crippen molar-refractivity contribution in [3.8, 4) is 0 Å². The molecule has 2 N–H and O–H groups in total. The van der Waals surface area contributed by atoms with Gasteiger partial charge in [0, 0.05) is 46.1 Å². The van der Waals surface area contributed by atoms with Crippen molar-refractivity contribution in [3.05, 3.63) is 143 Å². The molecule has 2 heterocycles. The van der Waals surface area contributed by atoms with E-state index in [0.29, 0.717) is 37.1 Å². The Morgan fingerprint density at radius 1 is 0.413 bits per heavy atom. The zero-order valence-corrected chi connectivity index (χ0v) is 24.9. The van der Waals surface area contributed by atoms with Gasteiger partial charge in [-0.25, -0.2) is 0 Å². The van der Waals surface area contributed by atoms with Crippen molar-refractivity contribution in [2.24, 2.45) is 0 Å². The lowest BCUT2D eigenvalue weighted by atomic mass is 9.82. The first kappa shape index (κ1) is 26.5. The number of nitrogens with zero attached hydrogens (tertiary/aromatic N) is 2. The molecule has 7 aromatic carbocycles. The quantitative estimate of drug-likeness (QED) is 0.152. The molecule has 0 bridgehead atoms. The maximum Gasteiger partial charge on any atom is 0.260 e. The van der Waals surface area contributed by atoms with Crippen molar-refractivity contribution in [1.82, 2.24) is 9.80 Å². The fourth-order valence-electron chi connectivity index (χ4n) is 7.62. The Bertz CT molecular complexity index is 2160. The Labute approximate surface area is 264 Å². The van der Waals surface area contributed by atoms with E-state index < -0.39 is 0 Å². The minimum Gasteiger partial charge on any atom is -0.292 e. The van der Waals surface area contributed by atoms with Crippen LogP contribution in [0.3, 0.4) is 0 Å². The molecule has 0 saturated carbocycles. The Balaban J connectivity index is 1.18. The van der Waals surface area contributed by atoms with E-state index in [0.717, 1.165) is 65.3 Å². The van der Waals surface area contributed by atoms with E-state index in [1.54, 1.807) is 9.80 Å². The fourth-order valence-corrected chi connectivity index (χ4v) is 7.62. The summed E-state index contributed by atoms with van der Waals surface area (Å²) in [7, 11) is 0. The summed E-state index contributed by atoms with van der Waals surface area (Å²) in [4.78, 5) is 31.0. The topological polar surface area (TPSA) is 88.3 Å². The van der Waals surface area contributed by atoms with Gasteiger partial charge in [-0.1, -0.05) is 84.9 Å². The predicted molar refractivity (Wildman–Crippen MR) is 184 cm³/mol. The number of rotatable bonds is 6. The van der Waals surface area contributed by atoms with Crippen LogP contribution in [-0.2, 0) is 12.8 Å². The second-order valence-corrected chi connectivity index (χ2v) is 12.2. The monoisotopic (exact) mass is 596 g/mol. The van der Waals surface area contributed by atoms with Gasteiger partial charge in [-0.2, -0.15) is 0 Å². The highest BCUT2D eigenvalue weighted by Gasteiger charge is 2.34. The highest BCUT2D eigenvalue weighted by atomic mass is 16.2. The first-order valence-corrected chi connectivity index (χ1v) is 15.6. The average Bonchev–Trinajstić information content (AvgIpc) is 3.09. The number of benzene rings is 7. The number of amides is 2. The van der Waals surface area contributed by atoms with Crippen molar-refractivity contribution in [1.29, 1.82) is 10.8 Å². The van der Waals surface area contributed by atoms with Gasteiger partial charge in [-0.3, -0.25) is 30.2 Å². The first-order valence-electron chi connectivity index (χ1n) is 15.6. The Kier molecular flexibility index (Phi) is 5.66. The molecular weight excluding hydrogens is 568 g/mol. The van der Waals surface area contributed by atoms with E-state index in [4.69, 9.17) is 10.8 Å². The molecule has 0 saturated heterocycles. The highest BCUT2D eigenvalue weighted by molar-refractivity contribution is 6.41. The molecule has 46 heavy (non-hydrogen) atoms. The summed E-state index contributed by atoms with van der Waals surface area (Å²) in [5.41, 5.74) is 4.98. The normalized spacial score (nSPS) is 14.5. The SMILES string of the molecule is N=C1c2ccc3c4ccc5c6c(ccc(c7ccc(c2c37)C(=O)N1CCc1ccccc1)c64)C(=N)N(CCc1ccccc1)C5=O. The molecule has 7 aromatic rings. The van der Waals surface area contributed by atoms with Gasteiger partial charge in [0.25, 0.3) is 11.8 Å². The smallest absolute Gasteiger partial charge is 0.260 e. The summed E-state index contributed by atoms with van der Waals surface area (Å²) in [5, 5.41) is 25.7. The minimum absolute atomic E-state index is 0.150. The predicted octanol–water partition coefficient (Wildman–Crippen LogP) is 7.78. The van der Waals surface area contributed by atoms with Gasteiger partial charge in [-0.05, 0) is 80.6 Å². The molecule has 0 atom stereocenters. The van der Waals surface area contributed by atoms with Crippen LogP contribution in [-0.4, -0.2) is 46.4 Å². The molecule has 2 aliphatic heterocycles. The van der Waals surface area contributed by atoms with Crippen molar-refractivity contribution in [3.63, 3.8) is 0 Å². The number of carbonyl (C=O) groups excluding carboxylic acids is 2. The third-order valence-electron chi connectivity index (χ3n) is 9.84. The van der Waals surface area contributed by atoms with Crippen LogP contribution in [0, 0.1) is 10.8 Å². The van der Waals surface area contributed by atoms with Crippen molar-refractivity contribution >= 4 is 66.6 Å². The van der Waals surface area contributed by atoms with Crippen LogP contribution in [0.15, 0.2) is 109 Å². The fraction of sp³-hybridized carbons (Fsp3) is 0.100. The first-order chi connectivity index (χ1) is 22.5. The Morgan fingerprint density at radius 3 is 1.13 bits per heavy atom. The maximum atomic E-state index is 13.9. The third kappa shape index (κ3) is 3.64. The van der Waals surface area contributed by atoms with E-state index in [9.17, 15) is 9.59 Å². The minimum atomic E-state index is -0.150. The molecule has 0 radical (unpaired) electrons. The largest absolute Gasteiger partial charge is 0.292 e. The van der Waals surface area contributed by atoms with Gasteiger partial charge in [0.15, 0.2) is 0 Å². The van der Waals surface area contributed by atoms with Crippen LogP contribution in [0.25, 0.3) is 43.1 Å². The van der Waals surface area contributed by atoms with Crippen LogP contribution in [0.4, 0.5) is 0 Å². The van der Waals surface area contributed by atoms with E-state index in [2.05, 4.69) is 12.1 Å². The lowest BCUT2D eigenvalue weighted by Crippen LogP contribution is -2.41. The van der Waals surface area contributed by atoms with E-state index >= 15 is 0 Å². The molecular formula is C40H28N4O2. The van der Waals surface area contributed by atoms with Gasteiger partial charge in [0.05, 0.1) is 0 Å². The number of hydrogen-bond acceptors (Lipinski definition) is 4. The van der Waals surface area contributed by atoms with Gasteiger partial charge in [-0.15, -0.1) is 0 Å². The van der Waals surface area contributed by atoms with Crippen molar-refractivity contribution < 1.29 is 9.59 Å². The zero-order valence-electron chi connectivity index (χ0n) is 24.9. The van der Waals surface area contributed by atoms with Gasteiger partial charge >= 0.3 is 0 Å². The van der Waals surface area contributed by atoms with E-state index in [-0.39, 0.29) is 23.5 Å². The summed E-state index contributed by atoms with van der Waals surface area (Å²) < 4.78 is 0. The number of carbonyl (C=O) groups is 2. The van der Waals surface area contributed by atoms with Crippen LogP contribution >= 0.6 is 0 Å². The second-order valence-electron chi connectivity index (χ2n) is 12.2. The summed E-state index contributed by atoms with van der Waals surface area (Å²) in [6.07, 6.45) is 1.34. The van der Waals surface area contributed by atoms with Crippen molar-refractivity contribution in [2.75, 3.05) is 13.1 Å². The molecule has 0 fully saturated rings. The maximum absolute atomic E-state index is 13.9. The van der Waals surface area contributed by atoms with Gasteiger partial charge in [0.2, 0.25) is 0 Å². The molecule has 6 heteroatoms. The van der Waals surface area contributed by atoms with Crippen LogP contribution in [0.1, 0.15) is 43.0 Å². The van der Waals surface area contributed by atoms with Crippen LogP contribution < -0.4 is 0 Å². The standard InChI is InChI=1S/C40H28N4O2/c41-37-29-15-11-25-28-14-18-32-36-30(38(42)44(40(32)46)22-20-24-9-5-2-6-10-24)16-12-26(34(28)36)27-13-17-31(35(29)33(25)27)39(45)43(37)21-19-23-7-3-1-4-8-23/h1-18,41-42H,19-22H2. The van der Waals surface area contributed by atoms with Crippen molar-refractivity contribution in [2.45, 2.75) is 12.8 Å². The Morgan fingerprint density at radius 2 is 0.761 bits per heavy atom. The second kappa shape index (κ2) is 9.81. The van der Waals surface area contributed by atoms with Gasteiger partial charge in [0.1, 0.15) is 11.7 Å². The van der Waals surface area contributed by atoms with E-state index in [1.165, 1.54) is 0 Å². The summed E-state index contributed by atoms with van der Waals surface area (Å²) in [5.74, 6) is 0.149. The summed E-state index contributed by atoms with van der Waals surface area (Å²) in [6, 6.07) is 36.0. The summed E-state index contributed by atoms with van der Waals surface area (Å²) in [6.45, 7) is 0.865. The third-order valence-corrected chi connectivity index (χ3v) is 9.84. The van der Waals surface area contributed by atoms with E-state index in [1.807, 2.05) is 97.1 Å². The molecule has 9 rings (SSSR count). The number of amidine groups is 2. The van der Waals surface area contributed by atoms with Gasteiger partial charge < -0.3 is 0 Å². The highest BCUT2D eigenvalue weighted by Crippen LogP contribution is 2.46. The lowest BCUT2D eigenvalue weighted by Gasteiger charge is -2.32. The molecule has 0 unspecified atom stereocenters. The molecule has 0 aliphatic carbocycles.